The first kappa shape index (κ1) is 15.9. The maximum Gasteiger partial charge on any atom is 0.234 e. The summed E-state index contributed by atoms with van der Waals surface area (Å²) in [7, 11) is -3.67. The summed E-state index contributed by atoms with van der Waals surface area (Å²) in [6, 6.07) is 18.9. The molecule has 1 atom stereocenters. The van der Waals surface area contributed by atoms with Crippen molar-refractivity contribution in [2.45, 2.75) is 18.2 Å². The zero-order valence-corrected chi connectivity index (χ0v) is 12.7. The van der Waals surface area contributed by atoms with Crippen molar-refractivity contribution in [3.05, 3.63) is 71.8 Å². The Morgan fingerprint density at radius 1 is 0.905 bits per heavy atom. The summed E-state index contributed by atoms with van der Waals surface area (Å²) >= 11 is 0. The molecule has 0 spiro atoms. The van der Waals surface area contributed by atoms with E-state index >= 15 is 0 Å². The maximum atomic E-state index is 12.5. The van der Waals surface area contributed by atoms with Crippen LogP contribution < -0.4 is 11.5 Å². The topological polar surface area (TPSA) is 89.3 Å². The zero-order chi connectivity index (χ0) is 15.3. The molecule has 0 aliphatic carbocycles. The number of benzene rings is 2. The third kappa shape index (κ3) is 4.26. The molecule has 1 unspecified atom stereocenters. The highest BCUT2D eigenvalue weighted by Gasteiger charge is 2.40. The second-order valence-electron chi connectivity index (χ2n) is 5.31. The van der Waals surface area contributed by atoms with E-state index in [9.17, 15) is 9.46 Å². The SMILES string of the molecule is NC(N)(Cc1ccccc1)P(=O)(O)CCc1ccccc1. The molecule has 0 aliphatic heterocycles. The van der Waals surface area contributed by atoms with Crippen molar-refractivity contribution in [2.75, 3.05) is 6.16 Å². The van der Waals surface area contributed by atoms with Crippen molar-refractivity contribution in [3.63, 3.8) is 0 Å². The van der Waals surface area contributed by atoms with Gasteiger partial charge in [-0.1, -0.05) is 60.7 Å². The van der Waals surface area contributed by atoms with Gasteiger partial charge in [0.1, 0.15) is 5.40 Å². The molecule has 112 valence electrons. The molecule has 0 fully saturated rings. The fourth-order valence-electron chi connectivity index (χ4n) is 2.18. The van der Waals surface area contributed by atoms with E-state index in [4.69, 9.17) is 11.5 Å². The minimum atomic E-state index is -3.67. The predicted octanol–water partition coefficient (Wildman–Crippen LogP) is 2.31. The lowest BCUT2D eigenvalue weighted by Crippen LogP contribution is -2.51. The van der Waals surface area contributed by atoms with E-state index in [-0.39, 0.29) is 12.6 Å². The minimum Gasteiger partial charge on any atom is -0.342 e. The van der Waals surface area contributed by atoms with Gasteiger partial charge in [-0.05, 0) is 17.5 Å². The summed E-state index contributed by atoms with van der Waals surface area (Å²) in [6.45, 7) is 0. The standard InChI is InChI=1S/C16H21N2O2P/c17-16(18,13-15-9-5-2-6-10-15)21(19,20)12-11-14-7-3-1-4-8-14/h1-10H,11-13,17-18H2,(H,19,20). The number of nitrogens with two attached hydrogens (primary N) is 2. The molecule has 0 bridgehead atoms. The Hall–Kier alpha value is -1.45. The van der Waals surface area contributed by atoms with E-state index in [2.05, 4.69) is 0 Å². The van der Waals surface area contributed by atoms with Crippen LogP contribution in [0.4, 0.5) is 0 Å². The quantitative estimate of drug-likeness (QED) is 0.564. The molecular weight excluding hydrogens is 283 g/mol. The molecule has 0 aliphatic rings. The van der Waals surface area contributed by atoms with Gasteiger partial charge in [-0.15, -0.1) is 0 Å². The van der Waals surface area contributed by atoms with Crippen LogP contribution in [0, 0.1) is 0 Å². The lowest BCUT2D eigenvalue weighted by molar-refractivity contribution is 0.420. The first-order valence-electron chi connectivity index (χ1n) is 6.88. The van der Waals surface area contributed by atoms with Crippen LogP contribution in [0.3, 0.4) is 0 Å². The molecule has 21 heavy (non-hydrogen) atoms. The van der Waals surface area contributed by atoms with Gasteiger partial charge in [0, 0.05) is 12.6 Å². The van der Waals surface area contributed by atoms with Crippen molar-refractivity contribution in [2.24, 2.45) is 11.5 Å². The molecular formula is C16H21N2O2P. The zero-order valence-electron chi connectivity index (χ0n) is 11.9. The highest BCUT2D eigenvalue weighted by Crippen LogP contribution is 2.50. The highest BCUT2D eigenvalue weighted by atomic mass is 31.2. The van der Waals surface area contributed by atoms with Gasteiger partial charge in [0.05, 0.1) is 0 Å². The summed E-state index contributed by atoms with van der Waals surface area (Å²) in [4.78, 5) is 10.3. The van der Waals surface area contributed by atoms with Crippen LogP contribution in [-0.2, 0) is 17.4 Å². The van der Waals surface area contributed by atoms with E-state index in [1.165, 1.54) is 0 Å². The Morgan fingerprint density at radius 2 is 1.38 bits per heavy atom. The molecule has 2 rings (SSSR count). The molecule has 5 N–H and O–H groups in total. The van der Waals surface area contributed by atoms with Crippen molar-refractivity contribution in [1.82, 2.24) is 0 Å². The van der Waals surface area contributed by atoms with Gasteiger partial charge in [0.2, 0.25) is 7.37 Å². The van der Waals surface area contributed by atoms with E-state index in [0.29, 0.717) is 6.42 Å². The normalized spacial score (nSPS) is 14.6. The van der Waals surface area contributed by atoms with Crippen LogP contribution in [0.15, 0.2) is 60.7 Å². The van der Waals surface area contributed by atoms with Gasteiger partial charge < -0.3 is 16.4 Å². The van der Waals surface area contributed by atoms with E-state index in [0.717, 1.165) is 11.1 Å². The largest absolute Gasteiger partial charge is 0.342 e. The molecule has 0 aromatic heterocycles. The van der Waals surface area contributed by atoms with Crippen LogP contribution in [0.1, 0.15) is 11.1 Å². The summed E-state index contributed by atoms with van der Waals surface area (Å²) in [5.74, 6) is 0. The van der Waals surface area contributed by atoms with Gasteiger partial charge in [0.25, 0.3) is 0 Å². The fourth-order valence-corrected chi connectivity index (χ4v) is 3.59. The Bertz CT molecular complexity index is 615. The fraction of sp³-hybridized carbons (Fsp3) is 0.250. The summed E-state index contributed by atoms with van der Waals surface area (Å²) in [6.07, 6.45) is 0.743. The summed E-state index contributed by atoms with van der Waals surface area (Å²) < 4.78 is 12.5. The van der Waals surface area contributed by atoms with Gasteiger partial charge in [-0.25, -0.2) is 0 Å². The van der Waals surface area contributed by atoms with Crippen molar-refractivity contribution in [1.29, 1.82) is 0 Å². The first-order chi connectivity index (χ1) is 9.91. The molecule has 0 amide bonds. The average molecular weight is 304 g/mol. The Labute approximate surface area is 125 Å². The Morgan fingerprint density at radius 3 is 1.90 bits per heavy atom. The molecule has 2 aromatic rings. The molecule has 0 radical (unpaired) electrons. The Balaban J connectivity index is 2.05. The summed E-state index contributed by atoms with van der Waals surface area (Å²) in [5, 5.41) is -1.61. The molecule has 4 nitrogen and oxygen atoms in total. The molecule has 0 heterocycles. The van der Waals surface area contributed by atoms with E-state index in [1.54, 1.807) is 0 Å². The molecule has 0 saturated carbocycles. The van der Waals surface area contributed by atoms with E-state index in [1.807, 2.05) is 60.7 Å². The van der Waals surface area contributed by atoms with Crippen LogP contribution >= 0.6 is 7.37 Å². The first-order valence-corrected chi connectivity index (χ1v) is 8.73. The molecule has 5 heteroatoms. The van der Waals surface area contributed by atoms with Crippen molar-refractivity contribution >= 4 is 7.37 Å². The smallest absolute Gasteiger partial charge is 0.234 e. The van der Waals surface area contributed by atoms with Crippen LogP contribution in [0.5, 0.6) is 0 Å². The second kappa shape index (κ2) is 6.54. The van der Waals surface area contributed by atoms with Gasteiger partial charge in [-0.2, -0.15) is 0 Å². The summed E-state index contributed by atoms with van der Waals surface area (Å²) in [5.41, 5.74) is 13.8. The van der Waals surface area contributed by atoms with Crippen LogP contribution in [-0.4, -0.2) is 16.5 Å². The van der Waals surface area contributed by atoms with Crippen LogP contribution in [0.2, 0.25) is 0 Å². The lowest BCUT2D eigenvalue weighted by atomic mass is 10.1. The van der Waals surface area contributed by atoms with Gasteiger partial charge >= 0.3 is 0 Å². The van der Waals surface area contributed by atoms with Gasteiger partial charge in [-0.3, -0.25) is 4.57 Å². The third-order valence-electron chi connectivity index (χ3n) is 3.53. The highest BCUT2D eigenvalue weighted by molar-refractivity contribution is 7.59. The van der Waals surface area contributed by atoms with Crippen molar-refractivity contribution in [3.8, 4) is 0 Å². The minimum absolute atomic E-state index is 0.0802. The van der Waals surface area contributed by atoms with E-state index < -0.39 is 12.8 Å². The van der Waals surface area contributed by atoms with Gasteiger partial charge in [0.15, 0.2) is 0 Å². The monoisotopic (exact) mass is 304 g/mol. The number of hydrogen-bond acceptors (Lipinski definition) is 3. The number of rotatable bonds is 6. The average Bonchev–Trinajstić information content (AvgIpc) is 2.47. The third-order valence-corrected chi connectivity index (χ3v) is 5.82. The molecule has 2 aromatic carbocycles. The lowest BCUT2D eigenvalue weighted by Gasteiger charge is -2.30. The van der Waals surface area contributed by atoms with Crippen LogP contribution in [0.25, 0.3) is 0 Å². The number of aryl methyl sites for hydroxylation is 1. The number of hydrogen-bond donors (Lipinski definition) is 3. The molecule has 0 saturated heterocycles. The Kier molecular flexibility index (Phi) is 4.96. The second-order valence-corrected chi connectivity index (χ2v) is 8.00. The van der Waals surface area contributed by atoms with Crippen molar-refractivity contribution < 1.29 is 9.46 Å². The maximum absolute atomic E-state index is 12.5. The predicted molar refractivity (Wildman–Crippen MR) is 86.1 cm³/mol.